The molecule has 0 spiro atoms. The van der Waals surface area contributed by atoms with Crippen molar-refractivity contribution in [2.45, 2.75) is 50.7 Å². The summed E-state index contributed by atoms with van der Waals surface area (Å²) in [5.41, 5.74) is 0.391. The highest BCUT2D eigenvalue weighted by molar-refractivity contribution is 5.99. The lowest BCUT2D eigenvalue weighted by Crippen LogP contribution is -2.56. The van der Waals surface area contributed by atoms with Crippen LogP contribution in [-0.2, 0) is 14.4 Å². The maximum Gasteiger partial charge on any atom is 0.326 e. The van der Waals surface area contributed by atoms with Gasteiger partial charge in [-0.15, -0.1) is 0 Å². The van der Waals surface area contributed by atoms with Gasteiger partial charge in [0.05, 0.1) is 6.26 Å². The lowest BCUT2D eigenvalue weighted by molar-refractivity contribution is -0.149. The Morgan fingerprint density at radius 3 is 2.41 bits per heavy atom. The molecule has 1 aromatic heterocycles. The fourth-order valence-electron chi connectivity index (χ4n) is 3.85. The standard InChI is InChI=1S/C23H27N3O6/c1-14(18-11-7-13-32-18)19(25-20(27)16-8-4-3-5-9-16)21(28)24-15(2)22(29)26-12-6-10-17(26)23(30)31/h3-5,7-9,11,13-15,17,19H,6,10,12H2,1-2H3,(H,24,28)(H,25,27)(H,30,31)/t14?,15-,17-,19-/m0/s1. The smallest absolute Gasteiger partial charge is 0.326 e. The van der Waals surface area contributed by atoms with E-state index >= 15 is 0 Å². The zero-order valence-electron chi connectivity index (χ0n) is 18.0. The minimum absolute atomic E-state index is 0.326. The van der Waals surface area contributed by atoms with Crippen molar-refractivity contribution >= 4 is 23.7 Å². The second kappa shape index (κ2) is 10.1. The third kappa shape index (κ3) is 5.16. The number of aliphatic carboxylic acids is 1. The van der Waals surface area contributed by atoms with Crippen LogP contribution in [0.15, 0.2) is 53.1 Å². The molecular formula is C23H27N3O6. The van der Waals surface area contributed by atoms with E-state index in [1.165, 1.54) is 18.1 Å². The van der Waals surface area contributed by atoms with Crippen LogP contribution < -0.4 is 10.6 Å². The number of hydrogen-bond donors (Lipinski definition) is 3. The highest BCUT2D eigenvalue weighted by Gasteiger charge is 2.37. The largest absolute Gasteiger partial charge is 0.480 e. The number of carboxylic acid groups (broad SMARTS) is 1. The van der Waals surface area contributed by atoms with Crippen molar-refractivity contribution < 1.29 is 28.7 Å². The fraction of sp³-hybridized carbons (Fsp3) is 0.391. The molecule has 3 N–H and O–H groups in total. The highest BCUT2D eigenvalue weighted by Crippen LogP contribution is 2.22. The lowest BCUT2D eigenvalue weighted by atomic mass is 9.97. The van der Waals surface area contributed by atoms with Crippen LogP contribution in [0.3, 0.4) is 0 Å². The summed E-state index contributed by atoms with van der Waals surface area (Å²) in [5.74, 6) is -2.55. The molecule has 3 rings (SSSR count). The van der Waals surface area contributed by atoms with Crippen molar-refractivity contribution in [3.05, 3.63) is 60.1 Å². The quantitative estimate of drug-likeness (QED) is 0.573. The first kappa shape index (κ1) is 23.1. The molecule has 9 nitrogen and oxygen atoms in total. The third-order valence-electron chi connectivity index (χ3n) is 5.65. The van der Waals surface area contributed by atoms with Crippen LogP contribution in [0.4, 0.5) is 0 Å². The molecule has 32 heavy (non-hydrogen) atoms. The second-order valence-corrected chi connectivity index (χ2v) is 7.88. The van der Waals surface area contributed by atoms with E-state index in [1.807, 2.05) is 0 Å². The number of nitrogens with zero attached hydrogens (tertiary/aromatic N) is 1. The molecule has 2 heterocycles. The average Bonchev–Trinajstić information content (AvgIpc) is 3.49. The van der Waals surface area contributed by atoms with Crippen LogP contribution in [0.5, 0.6) is 0 Å². The number of nitrogens with one attached hydrogen (secondary N) is 2. The van der Waals surface area contributed by atoms with E-state index in [0.717, 1.165) is 0 Å². The van der Waals surface area contributed by atoms with Gasteiger partial charge in [0.15, 0.2) is 0 Å². The van der Waals surface area contributed by atoms with E-state index in [0.29, 0.717) is 30.7 Å². The first-order valence-electron chi connectivity index (χ1n) is 10.5. The third-order valence-corrected chi connectivity index (χ3v) is 5.65. The molecule has 2 aromatic rings. The van der Waals surface area contributed by atoms with Crippen molar-refractivity contribution in [2.75, 3.05) is 6.54 Å². The predicted octanol–water partition coefficient (Wildman–Crippen LogP) is 1.76. The Labute approximate surface area is 185 Å². The molecule has 1 saturated heterocycles. The predicted molar refractivity (Wildman–Crippen MR) is 115 cm³/mol. The van der Waals surface area contributed by atoms with Gasteiger partial charge < -0.3 is 25.1 Å². The van der Waals surface area contributed by atoms with E-state index in [-0.39, 0.29) is 0 Å². The van der Waals surface area contributed by atoms with Crippen LogP contribution in [-0.4, -0.2) is 58.4 Å². The maximum absolute atomic E-state index is 13.1. The molecule has 0 saturated carbocycles. The van der Waals surface area contributed by atoms with Gasteiger partial charge in [0, 0.05) is 18.0 Å². The van der Waals surface area contributed by atoms with Gasteiger partial charge in [-0.1, -0.05) is 25.1 Å². The molecule has 170 valence electrons. The zero-order chi connectivity index (χ0) is 23.3. The minimum Gasteiger partial charge on any atom is -0.480 e. The van der Waals surface area contributed by atoms with Crippen LogP contribution in [0.2, 0.25) is 0 Å². The van der Waals surface area contributed by atoms with Crippen molar-refractivity contribution in [3.8, 4) is 0 Å². The monoisotopic (exact) mass is 441 g/mol. The Morgan fingerprint density at radius 2 is 1.78 bits per heavy atom. The number of amides is 3. The number of carbonyl (C=O) groups excluding carboxylic acids is 3. The van der Waals surface area contributed by atoms with Gasteiger partial charge in [0.1, 0.15) is 23.9 Å². The van der Waals surface area contributed by atoms with Gasteiger partial charge in [0.2, 0.25) is 11.8 Å². The number of rotatable bonds is 8. The summed E-state index contributed by atoms with van der Waals surface area (Å²) in [7, 11) is 0. The maximum atomic E-state index is 13.1. The van der Waals surface area contributed by atoms with Gasteiger partial charge in [0.25, 0.3) is 5.91 Å². The van der Waals surface area contributed by atoms with Gasteiger partial charge in [-0.05, 0) is 44.0 Å². The Morgan fingerprint density at radius 1 is 1.06 bits per heavy atom. The Hall–Kier alpha value is -3.62. The molecule has 1 aliphatic heterocycles. The van der Waals surface area contributed by atoms with Crippen molar-refractivity contribution in [1.29, 1.82) is 0 Å². The lowest BCUT2D eigenvalue weighted by Gasteiger charge is -2.28. The van der Waals surface area contributed by atoms with Crippen molar-refractivity contribution in [2.24, 2.45) is 0 Å². The number of furan rings is 1. The van der Waals surface area contributed by atoms with Gasteiger partial charge in [-0.25, -0.2) is 4.79 Å². The van der Waals surface area contributed by atoms with E-state index in [2.05, 4.69) is 10.6 Å². The zero-order valence-corrected chi connectivity index (χ0v) is 18.0. The van der Waals surface area contributed by atoms with Crippen LogP contribution in [0.25, 0.3) is 0 Å². The van der Waals surface area contributed by atoms with Crippen molar-refractivity contribution in [3.63, 3.8) is 0 Å². The van der Waals surface area contributed by atoms with Crippen LogP contribution in [0.1, 0.15) is 48.7 Å². The SMILES string of the molecule is CC(c1ccco1)[C@H](NC(=O)c1ccccc1)C(=O)N[C@@H](C)C(=O)N1CCC[C@H]1C(=O)O. The Bertz CT molecular complexity index is 959. The second-order valence-electron chi connectivity index (χ2n) is 7.88. The first-order chi connectivity index (χ1) is 15.3. The van der Waals surface area contributed by atoms with E-state index in [1.54, 1.807) is 49.4 Å². The summed E-state index contributed by atoms with van der Waals surface area (Å²) in [6.45, 7) is 3.57. The summed E-state index contributed by atoms with van der Waals surface area (Å²) in [6.07, 6.45) is 2.45. The number of carboxylic acids is 1. The van der Waals surface area contributed by atoms with Gasteiger partial charge in [-0.2, -0.15) is 0 Å². The average molecular weight is 441 g/mol. The Kier molecular flexibility index (Phi) is 7.29. The minimum atomic E-state index is -1.06. The van der Waals surface area contributed by atoms with Crippen LogP contribution >= 0.6 is 0 Å². The first-order valence-corrected chi connectivity index (χ1v) is 10.5. The van der Waals surface area contributed by atoms with Crippen molar-refractivity contribution in [1.82, 2.24) is 15.5 Å². The molecule has 0 aliphatic carbocycles. The summed E-state index contributed by atoms with van der Waals surface area (Å²) < 4.78 is 5.42. The van der Waals surface area contributed by atoms with Gasteiger partial charge >= 0.3 is 5.97 Å². The molecule has 9 heteroatoms. The molecule has 4 atom stereocenters. The summed E-state index contributed by atoms with van der Waals surface area (Å²) in [4.78, 5) is 51.3. The number of likely N-dealkylation sites (tertiary alicyclic amines) is 1. The number of carbonyl (C=O) groups is 4. The molecular weight excluding hydrogens is 414 g/mol. The van der Waals surface area contributed by atoms with E-state index in [9.17, 15) is 24.3 Å². The van der Waals surface area contributed by atoms with Crippen LogP contribution in [0, 0.1) is 0 Å². The topological polar surface area (TPSA) is 129 Å². The molecule has 1 unspecified atom stereocenters. The normalized spacial score (nSPS) is 18.4. The molecule has 1 fully saturated rings. The fourth-order valence-corrected chi connectivity index (χ4v) is 3.85. The van der Waals surface area contributed by atoms with E-state index < -0.39 is 47.7 Å². The summed E-state index contributed by atoms with van der Waals surface area (Å²) in [5, 5.41) is 14.7. The number of hydrogen-bond acceptors (Lipinski definition) is 5. The number of benzene rings is 1. The molecule has 1 aromatic carbocycles. The highest BCUT2D eigenvalue weighted by atomic mass is 16.4. The molecule has 3 amide bonds. The molecule has 0 bridgehead atoms. The van der Waals surface area contributed by atoms with E-state index in [4.69, 9.17) is 4.42 Å². The van der Waals surface area contributed by atoms with Gasteiger partial charge in [-0.3, -0.25) is 14.4 Å². The summed E-state index contributed by atoms with van der Waals surface area (Å²) in [6, 6.07) is 9.01. The summed E-state index contributed by atoms with van der Waals surface area (Å²) >= 11 is 0. The Balaban J connectivity index is 1.75. The molecule has 0 radical (unpaired) electrons. The molecule has 1 aliphatic rings.